The summed E-state index contributed by atoms with van der Waals surface area (Å²) in [5, 5.41) is 0. The number of aryl methyl sites for hydroxylation is 1. The number of rotatable bonds is 7. The second kappa shape index (κ2) is 9.24. The number of nitrogens with zero attached hydrogens (tertiary/aromatic N) is 2. The summed E-state index contributed by atoms with van der Waals surface area (Å²) in [4.78, 5) is 16.5. The Morgan fingerprint density at radius 3 is 2.45 bits per heavy atom. The highest BCUT2D eigenvalue weighted by atomic mass is 16.5. The fourth-order valence-corrected chi connectivity index (χ4v) is 3.26. The standard InChI is InChI=1S/C24H26N2O3/c1-5-28-23-10-8-7-9-22(23)25-16-20-15-17(3)26(18(20)4)21-13-11-19(12-14-21)24(27)29-6-2/h7-16H,5-6H2,1-4H3. The Hall–Kier alpha value is -3.34. The van der Waals surface area contributed by atoms with Crippen LogP contribution in [-0.4, -0.2) is 30.0 Å². The fourth-order valence-electron chi connectivity index (χ4n) is 3.26. The smallest absolute Gasteiger partial charge is 0.338 e. The summed E-state index contributed by atoms with van der Waals surface area (Å²) in [5.41, 5.74) is 5.53. The number of aromatic nitrogens is 1. The van der Waals surface area contributed by atoms with E-state index in [1.165, 1.54) is 0 Å². The zero-order chi connectivity index (χ0) is 20.8. The predicted octanol–water partition coefficient (Wildman–Crippen LogP) is 5.42. The van der Waals surface area contributed by atoms with Crippen LogP contribution < -0.4 is 4.74 Å². The average Bonchev–Trinajstić information content (AvgIpc) is 3.01. The molecule has 0 unspecified atom stereocenters. The van der Waals surface area contributed by atoms with E-state index in [0.717, 1.165) is 34.1 Å². The van der Waals surface area contributed by atoms with E-state index in [9.17, 15) is 4.79 Å². The highest BCUT2D eigenvalue weighted by Crippen LogP contribution is 2.27. The number of esters is 1. The Kier molecular flexibility index (Phi) is 6.50. The maximum absolute atomic E-state index is 11.9. The van der Waals surface area contributed by atoms with Crippen LogP contribution in [0.2, 0.25) is 0 Å². The van der Waals surface area contributed by atoms with Crippen LogP contribution in [-0.2, 0) is 4.74 Å². The lowest BCUT2D eigenvalue weighted by molar-refractivity contribution is 0.0526. The molecule has 0 aliphatic carbocycles. The van der Waals surface area contributed by atoms with Gasteiger partial charge < -0.3 is 14.0 Å². The molecule has 5 nitrogen and oxygen atoms in total. The molecule has 0 N–H and O–H groups in total. The van der Waals surface area contributed by atoms with Gasteiger partial charge in [-0.05, 0) is 70.2 Å². The average molecular weight is 390 g/mol. The second-order valence-electron chi connectivity index (χ2n) is 6.59. The minimum Gasteiger partial charge on any atom is -0.492 e. The van der Waals surface area contributed by atoms with Gasteiger partial charge in [-0.25, -0.2) is 4.79 Å². The van der Waals surface area contributed by atoms with Gasteiger partial charge in [0.05, 0.1) is 18.8 Å². The molecule has 3 aromatic rings. The number of hydrogen-bond acceptors (Lipinski definition) is 4. The molecule has 5 heteroatoms. The Morgan fingerprint density at radius 2 is 1.76 bits per heavy atom. The first-order valence-electron chi connectivity index (χ1n) is 9.77. The molecule has 0 aliphatic rings. The lowest BCUT2D eigenvalue weighted by atomic mass is 10.2. The van der Waals surface area contributed by atoms with Crippen molar-refractivity contribution in [3.8, 4) is 11.4 Å². The van der Waals surface area contributed by atoms with Crippen LogP contribution in [0.1, 0.15) is 41.2 Å². The molecular formula is C24H26N2O3. The maximum atomic E-state index is 11.9. The zero-order valence-electron chi connectivity index (χ0n) is 17.3. The van der Waals surface area contributed by atoms with E-state index in [4.69, 9.17) is 9.47 Å². The van der Waals surface area contributed by atoms with Gasteiger partial charge in [-0.2, -0.15) is 0 Å². The Labute approximate surface area is 171 Å². The maximum Gasteiger partial charge on any atom is 0.338 e. The minimum absolute atomic E-state index is 0.305. The monoisotopic (exact) mass is 390 g/mol. The highest BCUT2D eigenvalue weighted by molar-refractivity contribution is 5.89. The van der Waals surface area contributed by atoms with Crippen molar-refractivity contribution in [2.75, 3.05) is 13.2 Å². The zero-order valence-corrected chi connectivity index (χ0v) is 17.3. The van der Waals surface area contributed by atoms with E-state index in [1.54, 1.807) is 19.1 Å². The summed E-state index contributed by atoms with van der Waals surface area (Å²) >= 11 is 0. The van der Waals surface area contributed by atoms with Gasteiger partial charge in [0.25, 0.3) is 0 Å². The molecule has 29 heavy (non-hydrogen) atoms. The van der Waals surface area contributed by atoms with E-state index in [0.29, 0.717) is 18.8 Å². The van der Waals surface area contributed by atoms with Crippen molar-refractivity contribution >= 4 is 17.9 Å². The molecule has 0 bridgehead atoms. The van der Waals surface area contributed by atoms with Crippen LogP contribution in [0.5, 0.6) is 5.75 Å². The molecule has 0 saturated carbocycles. The van der Waals surface area contributed by atoms with Crippen molar-refractivity contribution < 1.29 is 14.3 Å². The highest BCUT2D eigenvalue weighted by Gasteiger charge is 2.11. The van der Waals surface area contributed by atoms with Crippen molar-refractivity contribution in [2.24, 2.45) is 4.99 Å². The van der Waals surface area contributed by atoms with Gasteiger partial charge in [-0.3, -0.25) is 4.99 Å². The summed E-state index contributed by atoms with van der Waals surface area (Å²) in [6, 6.07) is 17.3. The summed E-state index contributed by atoms with van der Waals surface area (Å²) in [6.07, 6.45) is 1.86. The quantitative estimate of drug-likeness (QED) is 0.400. The summed E-state index contributed by atoms with van der Waals surface area (Å²) < 4.78 is 12.8. The van der Waals surface area contributed by atoms with Crippen molar-refractivity contribution in [1.82, 2.24) is 4.57 Å². The fraction of sp³-hybridized carbons (Fsp3) is 0.250. The van der Waals surface area contributed by atoms with Crippen molar-refractivity contribution in [2.45, 2.75) is 27.7 Å². The summed E-state index contributed by atoms with van der Waals surface area (Å²) in [5.74, 6) is 0.468. The molecule has 1 aromatic heterocycles. The molecule has 0 radical (unpaired) electrons. The molecule has 0 saturated heterocycles. The number of aliphatic imine (C=N–C) groups is 1. The van der Waals surface area contributed by atoms with Crippen LogP contribution >= 0.6 is 0 Å². The van der Waals surface area contributed by atoms with E-state index >= 15 is 0 Å². The number of carbonyl (C=O) groups excluding carboxylic acids is 1. The van der Waals surface area contributed by atoms with E-state index in [-0.39, 0.29) is 5.97 Å². The molecule has 0 aliphatic heterocycles. The van der Waals surface area contributed by atoms with E-state index in [2.05, 4.69) is 29.5 Å². The largest absolute Gasteiger partial charge is 0.492 e. The number of hydrogen-bond donors (Lipinski definition) is 0. The number of carbonyl (C=O) groups is 1. The SMILES string of the molecule is CCOC(=O)c1ccc(-n2c(C)cc(C=Nc3ccccc3OCC)c2C)cc1. The van der Waals surface area contributed by atoms with E-state index in [1.807, 2.05) is 49.5 Å². The van der Waals surface area contributed by atoms with Gasteiger partial charge in [-0.15, -0.1) is 0 Å². The summed E-state index contributed by atoms with van der Waals surface area (Å²) in [7, 11) is 0. The topological polar surface area (TPSA) is 52.8 Å². The Balaban J connectivity index is 1.88. The van der Waals surface area contributed by atoms with Gasteiger partial charge in [0.15, 0.2) is 0 Å². The third-order valence-electron chi connectivity index (χ3n) is 4.61. The van der Waals surface area contributed by atoms with Crippen molar-refractivity contribution in [1.29, 1.82) is 0 Å². The summed E-state index contributed by atoms with van der Waals surface area (Å²) in [6.45, 7) is 8.84. The van der Waals surface area contributed by atoms with Gasteiger partial charge in [0.1, 0.15) is 11.4 Å². The lowest BCUT2D eigenvalue weighted by Gasteiger charge is -2.10. The molecule has 0 spiro atoms. The van der Waals surface area contributed by atoms with Crippen LogP contribution in [0.25, 0.3) is 5.69 Å². The van der Waals surface area contributed by atoms with Gasteiger partial charge in [0, 0.05) is 28.9 Å². The molecule has 1 heterocycles. The van der Waals surface area contributed by atoms with Gasteiger partial charge in [0.2, 0.25) is 0 Å². The van der Waals surface area contributed by atoms with E-state index < -0.39 is 0 Å². The molecule has 0 amide bonds. The molecule has 0 atom stereocenters. The van der Waals surface area contributed by atoms with Crippen molar-refractivity contribution in [3.05, 3.63) is 77.1 Å². The van der Waals surface area contributed by atoms with Crippen LogP contribution in [0.15, 0.2) is 59.6 Å². The van der Waals surface area contributed by atoms with Crippen LogP contribution in [0.3, 0.4) is 0 Å². The first-order chi connectivity index (χ1) is 14.0. The lowest BCUT2D eigenvalue weighted by Crippen LogP contribution is -2.05. The van der Waals surface area contributed by atoms with Gasteiger partial charge >= 0.3 is 5.97 Å². The number of benzene rings is 2. The Morgan fingerprint density at radius 1 is 1.03 bits per heavy atom. The van der Waals surface area contributed by atoms with Crippen LogP contribution in [0, 0.1) is 13.8 Å². The van der Waals surface area contributed by atoms with Crippen molar-refractivity contribution in [3.63, 3.8) is 0 Å². The molecule has 0 fully saturated rings. The molecule has 150 valence electrons. The third kappa shape index (κ3) is 4.57. The number of ether oxygens (including phenoxy) is 2. The number of para-hydroxylation sites is 2. The van der Waals surface area contributed by atoms with Gasteiger partial charge in [-0.1, -0.05) is 12.1 Å². The Bertz CT molecular complexity index is 1020. The first kappa shape index (κ1) is 20.4. The predicted molar refractivity (Wildman–Crippen MR) is 116 cm³/mol. The normalized spacial score (nSPS) is 11.0. The minimum atomic E-state index is -0.305. The second-order valence-corrected chi connectivity index (χ2v) is 6.59. The third-order valence-corrected chi connectivity index (χ3v) is 4.61. The molecule has 2 aromatic carbocycles. The molecular weight excluding hydrogens is 364 g/mol. The molecule has 3 rings (SSSR count). The first-order valence-corrected chi connectivity index (χ1v) is 9.77. The van der Waals surface area contributed by atoms with Crippen LogP contribution in [0.4, 0.5) is 5.69 Å².